The number of amides is 1. The number of ether oxygens (including phenoxy) is 1. The predicted molar refractivity (Wildman–Crippen MR) is 58.2 cm³/mol. The minimum atomic E-state index is -0.178. The van der Waals surface area contributed by atoms with Crippen LogP contribution < -0.4 is 0 Å². The fraction of sp³-hybridized carbons (Fsp3) is 0.727. The molecule has 0 aromatic heterocycles. The van der Waals surface area contributed by atoms with Crippen LogP contribution in [0.15, 0.2) is 12.7 Å². The number of hydrogen-bond donors (Lipinski definition) is 0. The van der Waals surface area contributed by atoms with E-state index in [-0.39, 0.29) is 18.1 Å². The number of carbonyl (C=O) groups is 1. The summed E-state index contributed by atoms with van der Waals surface area (Å²) in [5, 5.41) is 0. The number of nitrogens with zero attached hydrogens (tertiary/aromatic N) is 1. The highest BCUT2D eigenvalue weighted by Crippen LogP contribution is 2.13. The summed E-state index contributed by atoms with van der Waals surface area (Å²) < 4.78 is 5.09. The molecule has 0 heterocycles. The molecule has 0 fully saturated rings. The van der Waals surface area contributed by atoms with Gasteiger partial charge >= 0.3 is 0 Å². The van der Waals surface area contributed by atoms with E-state index >= 15 is 0 Å². The maximum atomic E-state index is 11.7. The zero-order valence-corrected chi connectivity index (χ0v) is 9.67. The van der Waals surface area contributed by atoms with Gasteiger partial charge in [-0.15, -0.1) is 6.58 Å². The second kappa shape index (κ2) is 5.81. The Bertz CT molecular complexity index is 194. The number of hydrogen-bond acceptors (Lipinski definition) is 2. The zero-order valence-electron chi connectivity index (χ0n) is 9.67. The molecule has 0 bridgehead atoms. The van der Waals surface area contributed by atoms with Crippen molar-refractivity contribution >= 4 is 5.91 Å². The first-order valence-electron chi connectivity index (χ1n) is 4.92. The van der Waals surface area contributed by atoms with Gasteiger partial charge in [-0.2, -0.15) is 0 Å². The van der Waals surface area contributed by atoms with Crippen molar-refractivity contribution in [2.75, 3.05) is 19.8 Å². The average Bonchev–Trinajstić information content (AvgIpc) is 2.08. The summed E-state index contributed by atoms with van der Waals surface area (Å²) in [5.41, 5.74) is -0.178. The third kappa shape index (κ3) is 4.42. The van der Waals surface area contributed by atoms with E-state index in [0.717, 1.165) is 0 Å². The van der Waals surface area contributed by atoms with Crippen LogP contribution in [0.5, 0.6) is 0 Å². The topological polar surface area (TPSA) is 29.5 Å². The molecule has 0 aliphatic rings. The summed E-state index contributed by atoms with van der Waals surface area (Å²) in [6, 6.07) is 0. The van der Waals surface area contributed by atoms with Crippen LogP contribution in [0.4, 0.5) is 0 Å². The Kier molecular flexibility index (Phi) is 5.46. The van der Waals surface area contributed by atoms with Gasteiger partial charge < -0.3 is 9.64 Å². The van der Waals surface area contributed by atoms with Gasteiger partial charge in [0, 0.05) is 18.7 Å². The Morgan fingerprint density at radius 3 is 2.43 bits per heavy atom. The predicted octanol–water partition coefficient (Wildman–Crippen LogP) is 1.84. The standard InChI is InChI=1S/C11H21NO2/c1-6-8-12(11(3,4)5)10(13)9-14-7-2/h6H,1,7-9H2,2-5H3. The van der Waals surface area contributed by atoms with E-state index in [1.54, 1.807) is 11.0 Å². The molecule has 0 radical (unpaired) electrons. The highest BCUT2D eigenvalue weighted by atomic mass is 16.5. The van der Waals surface area contributed by atoms with Gasteiger partial charge in [0.05, 0.1) is 0 Å². The Morgan fingerprint density at radius 1 is 1.50 bits per heavy atom. The van der Waals surface area contributed by atoms with Crippen LogP contribution >= 0.6 is 0 Å². The number of carbonyl (C=O) groups excluding carboxylic acids is 1. The van der Waals surface area contributed by atoms with Crippen molar-refractivity contribution in [1.29, 1.82) is 0 Å². The van der Waals surface area contributed by atoms with Crippen molar-refractivity contribution < 1.29 is 9.53 Å². The van der Waals surface area contributed by atoms with Crippen molar-refractivity contribution in [1.82, 2.24) is 4.90 Å². The van der Waals surface area contributed by atoms with Gasteiger partial charge in [0.2, 0.25) is 5.91 Å². The van der Waals surface area contributed by atoms with Crippen LogP contribution in [0.2, 0.25) is 0 Å². The van der Waals surface area contributed by atoms with Gasteiger partial charge in [-0.3, -0.25) is 4.79 Å². The summed E-state index contributed by atoms with van der Waals surface area (Å²) in [6.07, 6.45) is 1.73. The maximum absolute atomic E-state index is 11.7. The minimum Gasteiger partial charge on any atom is -0.372 e. The van der Waals surface area contributed by atoms with Crippen LogP contribution in [-0.2, 0) is 9.53 Å². The molecule has 0 unspecified atom stereocenters. The Hall–Kier alpha value is -0.830. The van der Waals surface area contributed by atoms with Crippen LogP contribution in [0.25, 0.3) is 0 Å². The monoisotopic (exact) mass is 199 g/mol. The highest BCUT2D eigenvalue weighted by Gasteiger charge is 2.24. The van der Waals surface area contributed by atoms with Crippen LogP contribution in [0.3, 0.4) is 0 Å². The first-order valence-corrected chi connectivity index (χ1v) is 4.92. The van der Waals surface area contributed by atoms with Crippen molar-refractivity contribution in [3.8, 4) is 0 Å². The molecule has 0 saturated heterocycles. The Morgan fingerprint density at radius 2 is 2.07 bits per heavy atom. The summed E-state index contributed by atoms with van der Waals surface area (Å²) >= 11 is 0. The maximum Gasteiger partial charge on any atom is 0.249 e. The van der Waals surface area contributed by atoms with Gasteiger partial charge in [-0.05, 0) is 27.7 Å². The van der Waals surface area contributed by atoms with E-state index < -0.39 is 0 Å². The van der Waals surface area contributed by atoms with E-state index in [0.29, 0.717) is 13.2 Å². The van der Waals surface area contributed by atoms with Gasteiger partial charge in [0.15, 0.2) is 0 Å². The van der Waals surface area contributed by atoms with Crippen molar-refractivity contribution in [2.45, 2.75) is 33.2 Å². The zero-order chi connectivity index (χ0) is 11.2. The molecule has 0 spiro atoms. The molecule has 0 saturated carbocycles. The minimum absolute atomic E-state index is 0.0132. The van der Waals surface area contributed by atoms with Crippen molar-refractivity contribution in [3.05, 3.63) is 12.7 Å². The third-order valence-corrected chi connectivity index (χ3v) is 1.85. The van der Waals surface area contributed by atoms with Crippen LogP contribution in [0.1, 0.15) is 27.7 Å². The SMILES string of the molecule is C=CCN(C(=O)COCC)C(C)(C)C. The molecule has 0 aliphatic carbocycles. The van der Waals surface area contributed by atoms with E-state index in [4.69, 9.17) is 4.74 Å². The second-order valence-corrected chi connectivity index (χ2v) is 4.10. The molecular weight excluding hydrogens is 178 g/mol. The third-order valence-electron chi connectivity index (χ3n) is 1.85. The van der Waals surface area contributed by atoms with Gasteiger partial charge in [-0.1, -0.05) is 6.08 Å². The molecule has 0 N–H and O–H groups in total. The molecule has 3 heteroatoms. The molecule has 0 atom stereocenters. The molecule has 3 nitrogen and oxygen atoms in total. The lowest BCUT2D eigenvalue weighted by molar-refractivity contribution is -0.140. The first kappa shape index (κ1) is 13.2. The summed E-state index contributed by atoms with van der Waals surface area (Å²) in [7, 11) is 0. The van der Waals surface area contributed by atoms with Gasteiger partial charge in [0.1, 0.15) is 6.61 Å². The molecule has 0 aromatic carbocycles. The normalized spacial score (nSPS) is 11.1. The molecule has 0 aromatic rings. The Labute approximate surface area is 86.7 Å². The van der Waals surface area contributed by atoms with Crippen molar-refractivity contribution in [3.63, 3.8) is 0 Å². The lowest BCUT2D eigenvalue weighted by Crippen LogP contribution is -2.47. The molecule has 82 valence electrons. The Balaban J connectivity index is 4.33. The molecule has 1 amide bonds. The quantitative estimate of drug-likeness (QED) is 0.632. The smallest absolute Gasteiger partial charge is 0.249 e. The molecule has 0 aliphatic heterocycles. The van der Waals surface area contributed by atoms with Crippen molar-refractivity contribution in [2.24, 2.45) is 0 Å². The largest absolute Gasteiger partial charge is 0.372 e. The van der Waals surface area contributed by atoms with E-state index in [9.17, 15) is 4.79 Å². The summed E-state index contributed by atoms with van der Waals surface area (Å²) in [5.74, 6) is 0.0132. The fourth-order valence-electron chi connectivity index (χ4n) is 1.15. The number of rotatable bonds is 5. The summed E-state index contributed by atoms with van der Waals surface area (Å²) in [6.45, 7) is 12.8. The van der Waals surface area contributed by atoms with Crippen LogP contribution in [0, 0.1) is 0 Å². The van der Waals surface area contributed by atoms with E-state index in [2.05, 4.69) is 6.58 Å². The molecular formula is C11H21NO2. The fourth-order valence-corrected chi connectivity index (χ4v) is 1.15. The van der Waals surface area contributed by atoms with Gasteiger partial charge in [0.25, 0.3) is 0 Å². The molecule has 14 heavy (non-hydrogen) atoms. The van der Waals surface area contributed by atoms with Gasteiger partial charge in [-0.25, -0.2) is 0 Å². The second-order valence-electron chi connectivity index (χ2n) is 4.10. The van der Waals surface area contributed by atoms with E-state index in [1.807, 2.05) is 27.7 Å². The van der Waals surface area contributed by atoms with E-state index in [1.165, 1.54) is 0 Å². The average molecular weight is 199 g/mol. The summed E-state index contributed by atoms with van der Waals surface area (Å²) in [4.78, 5) is 13.5. The molecule has 0 rings (SSSR count). The highest BCUT2D eigenvalue weighted by molar-refractivity contribution is 5.78. The lowest BCUT2D eigenvalue weighted by atomic mass is 10.1. The van der Waals surface area contributed by atoms with Crippen LogP contribution in [-0.4, -0.2) is 36.1 Å². The first-order chi connectivity index (χ1) is 6.43. The lowest BCUT2D eigenvalue weighted by Gasteiger charge is -2.34.